The number of rotatable bonds is 5. The van der Waals surface area contributed by atoms with Crippen molar-refractivity contribution in [2.75, 3.05) is 14.1 Å². The molecule has 1 fully saturated rings. The van der Waals surface area contributed by atoms with Crippen molar-refractivity contribution in [3.8, 4) is 0 Å². The van der Waals surface area contributed by atoms with Gasteiger partial charge in [-0.15, -0.1) is 0 Å². The molecule has 0 bridgehead atoms. The third kappa shape index (κ3) is 3.33. The molecule has 0 aromatic carbocycles. The molecule has 1 saturated carbocycles. The fourth-order valence-corrected chi connectivity index (χ4v) is 4.88. The number of nitrogens with zero attached hydrogens (tertiary/aromatic N) is 1. The lowest BCUT2D eigenvalue weighted by Crippen LogP contribution is -2.42. The third-order valence-electron chi connectivity index (χ3n) is 4.46. The molecule has 1 heterocycles. The summed E-state index contributed by atoms with van der Waals surface area (Å²) < 4.78 is 32.8. The van der Waals surface area contributed by atoms with Crippen molar-refractivity contribution in [3.63, 3.8) is 0 Å². The summed E-state index contributed by atoms with van der Waals surface area (Å²) in [6, 6.07) is 1.73. The molecule has 0 amide bonds. The highest BCUT2D eigenvalue weighted by Crippen LogP contribution is 2.32. The standard InChI is InChI=1S/C15H26N2O3S/c1-11-7-5-6-8-14(11)17(4)21(18,19)15-9-13(10-16-3)20-12(15)2/h9,11,14,16H,5-8,10H2,1-4H3. The van der Waals surface area contributed by atoms with Crippen LogP contribution in [0.1, 0.15) is 44.1 Å². The lowest BCUT2D eigenvalue weighted by molar-refractivity contribution is 0.213. The van der Waals surface area contributed by atoms with Crippen molar-refractivity contribution >= 4 is 10.0 Å². The monoisotopic (exact) mass is 314 g/mol. The number of sulfonamides is 1. The largest absolute Gasteiger partial charge is 0.464 e. The van der Waals surface area contributed by atoms with E-state index in [2.05, 4.69) is 12.2 Å². The van der Waals surface area contributed by atoms with Gasteiger partial charge in [-0.25, -0.2) is 8.42 Å². The average molecular weight is 314 g/mol. The second-order valence-electron chi connectivity index (χ2n) is 6.01. The van der Waals surface area contributed by atoms with E-state index in [-0.39, 0.29) is 6.04 Å². The van der Waals surface area contributed by atoms with Crippen molar-refractivity contribution < 1.29 is 12.8 Å². The summed E-state index contributed by atoms with van der Waals surface area (Å²) in [7, 11) is 0.0199. The Labute approximate surface area is 127 Å². The van der Waals surface area contributed by atoms with E-state index in [0.29, 0.717) is 28.9 Å². The molecular formula is C15H26N2O3S. The molecule has 6 heteroatoms. The zero-order valence-corrected chi connectivity index (χ0v) is 14.2. The molecule has 1 aromatic heterocycles. The Hall–Kier alpha value is -0.850. The van der Waals surface area contributed by atoms with Gasteiger partial charge in [-0.1, -0.05) is 19.8 Å². The van der Waals surface area contributed by atoms with Gasteiger partial charge in [-0.3, -0.25) is 0 Å². The van der Waals surface area contributed by atoms with Crippen LogP contribution in [0.2, 0.25) is 0 Å². The molecule has 2 unspecified atom stereocenters. The van der Waals surface area contributed by atoms with Crippen LogP contribution in [0.15, 0.2) is 15.4 Å². The molecule has 0 radical (unpaired) electrons. The first-order valence-corrected chi connectivity index (χ1v) is 9.04. The Morgan fingerprint density at radius 1 is 1.38 bits per heavy atom. The fraction of sp³-hybridized carbons (Fsp3) is 0.733. The van der Waals surface area contributed by atoms with E-state index in [1.54, 1.807) is 24.3 Å². The van der Waals surface area contributed by atoms with E-state index in [9.17, 15) is 8.42 Å². The maximum atomic E-state index is 12.9. The van der Waals surface area contributed by atoms with Crippen molar-refractivity contribution in [2.45, 2.75) is 57.0 Å². The maximum absolute atomic E-state index is 12.9. The van der Waals surface area contributed by atoms with Crippen molar-refractivity contribution in [1.82, 2.24) is 9.62 Å². The summed E-state index contributed by atoms with van der Waals surface area (Å²) in [6.07, 6.45) is 4.34. The van der Waals surface area contributed by atoms with Crippen LogP contribution < -0.4 is 5.32 Å². The number of aryl methyl sites for hydroxylation is 1. The molecule has 120 valence electrons. The van der Waals surface area contributed by atoms with Crippen LogP contribution in [0.4, 0.5) is 0 Å². The minimum atomic E-state index is -3.49. The quantitative estimate of drug-likeness (QED) is 0.907. The van der Waals surface area contributed by atoms with Gasteiger partial charge in [-0.05, 0) is 32.7 Å². The summed E-state index contributed by atoms with van der Waals surface area (Å²) >= 11 is 0. The zero-order valence-electron chi connectivity index (χ0n) is 13.3. The summed E-state index contributed by atoms with van der Waals surface area (Å²) in [5.74, 6) is 1.52. The molecule has 1 aromatic rings. The molecule has 1 aliphatic rings. The van der Waals surface area contributed by atoms with Gasteiger partial charge in [0.15, 0.2) is 0 Å². The maximum Gasteiger partial charge on any atom is 0.246 e. The van der Waals surface area contributed by atoms with Gasteiger partial charge in [0.1, 0.15) is 16.4 Å². The predicted molar refractivity (Wildman–Crippen MR) is 82.6 cm³/mol. The Morgan fingerprint density at radius 3 is 2.67 bits per heavy atom. The van der Waals surface area contributed by atoms with Gasteiger partial charge in [-0.2, -0.15) is 4.31 Å². The van der Waals surface area contributed by atoms with E-state index < -0.39 is 10.0 Å². The SMILES string of the molecule is CNCc1cc(S(=O)(=O)N(C)C2CCCCC2C)c(C)o1. The Kier molecular flexibility index (Phi) is 5.11. The Bertz CT molecular complexity index is 580. The Balaban J connectivity index is 2.28. The van der Waals surface area contributed by atoms with Crippen LogP contribution in [0, 0.1) is 12.8 Å². The summed E-state index contributed by atoms with van der Waals surface area (Å²) in [4.78, 5) is 0.299. The van der Waals surface area contributed by atoms with Crippen LogP contribution in [-0.2, 0) is 16.6 Å². The summed E-state index contributed by atoms with van der Waals surface area (Å²) in [5, 5.41) is 2.97. The van der Waals surface area contributed by atoms with Crippen LogP contribution >= 0.6 is 0 Å². The first-order valence-electron chi connectivity index (χ1n) is 7.60. The molecular weight excluding hydrogens is 288 g/mol. The van der Waals surface area contributed by atoms with Gasteiger partial charge < -0.3 is 9.73 Å². The number of furan rings is 1. The smallest absolute Gasteiger partial charge is 0.246 e. The third-order valence-corrected chi connectivity index (χ3v) is 6.45. The van der Waals surface area contributed by atoms with Gasteiger partial charge in [0.25, 0.3) is 0 Å². The van der Waals surface area contributed by atoms with Crippen molar-refractivity contribution in [3.05, 3.63) is 17.6 Å². The van der Waals surface area contributed by atoms with Gasteiger partial charge in [0, 0.05) is 19.2 Å². The van der Waals surface area contributed by atoms with Gasteiger partial charge in [0.05, 0.1) is 6.54 Å². The minimum Gasteiger partial charge on any atom is -0.464 e. The van der Waals surface area contributed by atoms with Crippen LogP contribution in [0.5, 0.6) is 0 Å². The predicted octanol–water partition coefficient (Wildman–Crippen LogP) is 2.51. The van der Waals surface area contributed by atoms with Crippen LogP contribution in [0.3, 0.4) is 0 Å². The molecule has 0 saturated heterocycles. The lowest BCUT2D eigenvalue weighted by Gasteiger charge is -2.35. The van der Waals surface area contributed by atoms with Gasteiger partial charge >= 0.3 is 0 Å². The molecule has 2 atom stereocenters. The normalized spacial score (nSPS) is 23.7. The Morgan fingerprint density at radius 2 is 2.05 bits per heavy atom. The molecule has 1 N–H and O–H groups in total. The van der Waals surface area contributed by atoms with E-state index in [4.69, 9.17) is 4.42 Å². The first kappa shape index (κ1) is 16.5. The average Bonchev–Trinajstić information content (AvgIpc) is 2.80. The van der Waals surface area contributed by atoms with E-state index in [0.717, 1.165) is 19.3 Å². The summed E-state index contributed by atoms with van der Waals surface area (Å²) in [5.41, 5.74) is 0. The molecule has 2 rings (SSSR count). The van der Waals surface area contributed by atoms with Crippen molar-refractivity contribution in [2.24, 2.45) is 5.92 Å². The fourth-order valence-electron chi connectivity index (χ4n) is 3.21. The second-order valence-corrected chi connectivity index (χ2v) is 7.98. The molecule has 21 heavy (non-hydrogen) atoms. The molecule has 5 nitrogen and oxygen atoms in total. The number of nitrogens with one attached hydrogen (secondary N) is 1. The topological polar surface area (TPSA) is 62.6 Å². The van der Waals surface area contributed by atoms with Gasteiger partial charge in [0.2, 0.25) is 10.0 Å². The van der Waals surface area contributed by atoms with E-state index in [1.165, 1.54) is 6.42 Å². The number of hydrogen-bond donors (Lipinski definition) is 1. The van der Waals surface area contributed by atoms with E-state index in [1.807, 2.05) is 7.05 Å². The number of hydrogen-bond acceptors (Lipinski definition) is 4. The molecule has 1 aliphatic carbocycles. The lowest BCUT2D eigenvalue weighted by atomic mass is 9.86. The zero-order chi connectivity index (χ0) is 15.6. The highest BCUT2D eigenvalue weighted by molar-refractivity contribution is 7.89. The van der Waals surface area contributed by atoms with Crippen molar-refractivity contribution in [1.29, 1.82) is 0 Å². The summed E-state index contributed by atoms with van der Waals surface area (Å²) in [6.45, 7) is 4.38. The minimum absolute atomic E-state index is 0.0887. The highest BCUT2D eigenvalue weighted by Gasteiger charge is 2.34. The molecule has 0 spiro atoms. The first-order chi connectivity index (χ1) is 9.87. The van der Waals surface area contributed by atoms with Crippen LogP contribution in [0.25, 0.3) is 0 Å². The molecule has 0 aliphatic heterocycles. The van der Waals surface area contributed by atoms with Crippen LogP contribution in [-0.4, -0.2) is 32.9 Å². The second kappa shape index (κ2) is 6.50. The highest BCUT2D eigenvalue weighted by atomic mass is 32.2. The van der Waals surface area contributed by atoms with E-state index >= 15 is 0 Å².